The first-order chi connectivity index (χ1) is 9.15. The predicted molar refractivity (Wildman–Crippen MR) is 77.7 cm³/mol. The number of nitriles is 1. The number of anilines is 1. The van der Waals surface area contributed by atoms with Crippen LogP contribution < -0.4 is 10.2 Å². The van der Waals surface area contributed by atoms with Crippen molar-refractivity contribution in [2.45, 2.75) is 13.8 Å². The molecule has 0 unspecified atom stereocenters. The van der Waals surface area contributed by atoms with Crippen LogP contribution in [0.3, 0.4) is 0 Å². The molecule has 100 valence electrons. The molecule has 0 aliphatic rings. The van der Waals surface area contributed by atoms with Crippen LogP contribution in [0.4, 0.5) is 5.69 Å². The molecule has 0 aliphatic carbocycles. The van der Waals surface area contributed by atoms with Crippen LogP contribution in [0.2, 0.25) is 0 Å². The number of carbonyl (C=O) groups is 1. The Kier molecular flexibility index (Phi) is 5.62. The third kappa shape index (κ3) is 3.85. The normalized spacial score (nSPS) is 10.7. The number of nitrogens with one attached hydrogen (secondary N) is 1. The van der Waals surface area contributed by atoms with Gasteiger partial charge in [-0.15, -0.1) is 0 Å². The van der Waals surface area contributed by atoms with Gasteiger partial charge in [0.25, 0.3) is 5.91 Å². The van der Waals surface area contributed by atoms with Crippen molar-refractivity contribution in [3.8, 4) is 6.07 Å². The first-order valence-electron chi connectivity index (χ1n) is 6.35. The molecule has 0 saturated heterocycles. The summed E-state index contributed by atoms with van der Waals surface area (Å²) in [5.74, 6) is -0.365. The molecule has 0 aromatic heterocycles. The van der Waals surface area contributed by atoms with E-state index in [2.05, 4.69) is 24.1 Å². The SMILES string of the molecule is CCN(CC)c1ccc(/C=C(\C#N)C(=O)NC)cc1. The van der Waals surface area contributed by atoms with Crippen molar-refractivity contribution < 1.29 is 4.79 Å². The van der Waals surface area contributed by atoms with E-state index in [9.17, 15) is 4.79 Å². The smallest absolute Gasteiger partial charge is 0.261 e. The summed E-state index contributed by atoms with van der Waals surface area (Å²) in [6.07, 6.45) is 1.59. The molecule has 0 atom stereocenters. The fourth-order valence-electron chi connectivity index (χ4n) is 1.82. The summed E-state index contributed by atoms with van der Waals surface area (Å²) in [7, 11) is 1.51. The van der Waals surface area contributed by atoms with E-state index < -0.39 is 0 Å². The van der Waals surface area contributed by atoms with Crippen molar-refractivity contribution in [2.24, 2.45) is 0 Å². The maximum absolute atomic E-state index is 11.4. The van der Waals surface area contributed by atoms with Gasteiger partial charge in [0.1, 0.15) is 11.6 Å². The van der Waals surface area contributed by atoms with Gasteiger partial charge in [-0.05, 0) is 37.6 Å². The maximum atomic E-state index is 11.4. The molecule has 4 nitrogen and oxygen atoms in total. The summed E-state index contributed by atoms with van der Waals surface area (Å²) in [5.41, 5.74) is 2.09. The van der Waals surface area contributed by atoms with Gasteiger partial charge in [0.2, 0.25) is 0 Å². The summed E-state index contributed by atoms with van der Waals surface area (Å²) in [6, 6.07) is 9.72. The lowest BCUT2D eigenvalue weighted by molar-refractivity contribution is -0.116. The van der Waals surface area contributed by atoms with Crippen LogP contribution in [0, 0.1) is 11.3 Å². The molecule has 1 aromatic carbocycles. The molecule has 0 aliphatic heterocycles. The van der Waals surface area contributed by atoms with E-state index in [0.717, 1.165) is 24.3 Å². The minimum absolute atomic E-state index is 0.109. The molecular formula is C15H19N3O. The second-order valence-corrected chi connectivity index (χ2v) is 4.01. The summed E-state index contributed by atoms with van der Waals surface area (Å²) in [6.45, 7) is 6.12. The molecule has 1 amide bonds. The predicted octanol–water partition coefficient (Wildman–Crippen LogP) is 2.19. The Labute approximate surface area is 114 Å². The Bertz CT molecular complexity index is 493. The van der Waals surface area contributed by atoms with E-state index in [1.165, 1.54) is 7.05 Å². The lowest BCUT2D eigenvalue weighted by Gasteiger charge is -2.20. The Morgan fingerprint density at radius 3 is 2.32 bits per heavy atom. The third-order valence-corrected chi connectivity index (χ3v) is 2.92. The summed E-state index contributed by atoms with van der Waals surface area (Å²) in [4.78, 5) is 13.6. The Hall–Kier alpha value is -2.28. The van der Waals surface area contributed by atoms with Gasteiger partial charge in [-0.3, -0.25) is 4.79 Å². The zero-order chi connectivity index (χ0) is 14.3. The second kappa shape index (κ2) is 7.22. The molecule has 1 N–H and O–H groups in total. The largest absolute Gasteiger partial charge is 0.372 e. The number of benzene rings is 1. The highest BCUT2D eigenvalue weighted by Crippen LogP contribution is 2.16. The van der Waals surface area contributed by atoms with Gasteiger partial charge in [0, 0.05) is 25.8 Å². The molecule has 4 heteroatoms. The van der Waals surface area contributed by atoms with E-state index in [1.54, 1.807) is 6.08 Å². The lowest BCUT2D eigenvalue weighted by atomic mass is 10.1. The Balaban J connectivity index is 2.96. The van der Waals surface area contributed by atoms with Crippen LogP contribution in [0.15, 0.2) is 29.8 Å². The minimum atomic E-state index is -0.365. The average molecular weight is 257 g/mol. The van der Waals surface area contributed by atoms with Crippen molar-refractivity contribution in [3.05, 3.63) is 35.4 Å². The van der Waals surface area contributed by atoms with Gasteiger partial charge in [0.15, 0.2) is 0 Å². The van der Waals surface area contributed by atoms with Crippen LogP contribution in [0.5, 0.6) is 0 Å². The maximum Gasteiger partial charge on any atom is 0.261 e. The number of hydrogen-bond acceptors (Lipinski definition) is 3. The Morgan fingerprint density at radius 2 is 1.89 bits per heavy atom. The van der Waals surface area contributed by atoms with Gasteiger partial charge in [-0.2, -0.15) is 5.26 Å². The van der Waals surface area contributed by atoms with Crippen molar-refractivity contribution in [1.29, 1.82) is 5.26 Å². The van der Waals surface area contributed by atoms with E-state index in [-0.39, 0.29) is 11.5 Å². The van der Waals surface area contributed by atoms with Crippen LogP contribution in [-0.2, 0) is 4.79 Å². The number of rotatable bonds is 5. The fourth-order valence-corrected chi connectivity index (χ4v) is 1.82. The van der Waals surface area contributed by atoms with E-state index in [0.29, 0.717) is 0 Å². The van der Waals surface area contributed by atoms with Gasteiger partial charge in [0.05, 0.1) is 0 Å². The van der Waals surface area contributed by atoms with E-state index in [1.807, 2.05) is 30.3 Å². The topological polar surface area (TPSA) is 56.1 Å². The highest BCUT2D eigenvalue weighted by atomic mass is 16.1. The second-order valence-electron chi connectivity index (χ2n) is 4.01. The van der Waals surface area contributed by atoms with E-state index in [4.69, 9.17) is 5.26 Å². The molecular weight excluding hydrogens is 238 g/mol. The lowest BCUT2D eigenvalue weighted by Crippen LogP contribution is -2.21. The first kappa shape index (κ1) is 14.8. The molecule has 1 aromatic rings. The van der Waals surface area contributed by atoms with Gasteiger partial charge in [-0.1, -0.05) is 12.1 Å². The van der Waals surface area contributed by atoms with Gasteiger partial charge >= 0.3 is 0 Å². The molecule has 0 heterocycles. The van der Waals surface area contributed by atoms with Gasteiger partial charge in [-0.25, -0.2) is 0 Å². The van der Waals surface area contributed by atoms with Crippen LogP contribution in [-0.4, -0.2) is 26.0 Å². The van der Waals surface area contributed by atoms with Gasteiger partial charge < -0.3 is 10.2 Å². The molecule has 0 spiro atoms. The number of likely N-dealkylation sites (N-methyl/N-ethyl adjacent to an activating group) is 1. The third-order valence-electron chi connectivity index (χ3n) is 2.92. The monoisotopic (exact) mass is 257 g/mol. The highest BCUT2D eigenvalue weighted by molar-refractivity contribution is 6.01. The number of hydrogen-bond donors (Lipinski definition) is 1. The molecule has 1 rings (SSSR count). The zero-order valence-electron chi connectivity index (χ0n) is 11.6. The first-order valence-corrected chi connectivity index (χ1v) is 6.35. The van der Waals surface area contributed by atoms with Crippen LogP contribution in [0.1, 0.15) is 19.4 Å². The number of nitrogens with zero attached hydrogens (tertiary/aromatic N) is 2. The summed E-state index contributed by atoms with van der Waals surface area (Å²) in [5, 5.41) is 11.4. The minimum Gasteiger partial charge on any atom is -0.372 e. The highest BCUT2D eigenvalue weighted by Gasteiger charge is 2.06. The average Bonchev–Trinajstić information content (AvgIpc) is 2.46. The zero-order valence-corrected chi connectivity index (χ0v) is 11.6. The van der Waals surface area contributed by atoms with Crippen molar-refractivity contribution in [2.75, 3.05) is 25.0 Å². The molecule has 19 heavy (non-hydrogen) atoms. The molecule has 0 saturated carbocycles. The van der Waals surface area contributed by atoms with Crippen molar-refractivity contribution in [1.82, 2.24) is 5.32 Å². The Morgan fingerprint density at radius 1 is 1.32 bits per heavy atom. The van der Waals surface area contributed by atoms with E-state index >= 15 is 0 Å². The fraction of sp³-hybridized carbons (Fsp3) is 0.333. The molecule has 0 fully saturated rings. The molecule has 0 radical (unpaired) electrons. The molecule has 0 bridgehead atoms. The standard InChI is InChI=1S/C15H19N3O/c1-4-18(5-2)14-8-6-12(7-9-14)10-13(11-16)15(19)17-3/h6-10H,4-5H2,1-3H3,(H,17,19)/b13-10+. The summed E-state index contributed by atoms with van der Waals surface area (Å²) < 4.78 is 0. The summed E-state index contributed by atoms with van der Waals surface area (Å²) >= 11 is 0. The number of carbonyl (C=O) groups excluding carboxylic acids is 1. The van der Waals surface area contributed by atoms with Crippen LogP contribution in [0.25, 0.3) is 6.08 Å². The van der Waals surface area contributed by atoms with Crippen molar-refractivity contribution >= 4 is 17.7 Å². The van der Waals surface area contributed by atoms with Crippen molar-refractivity contribution in [3.63, 3.8) is 0 Å². The van der Waals surface area contributed by atoms with Crippen LogP contribution >= 0.6 is 0 Å². The quantitative estimate of drug-likeness (QED) is 0.650. The number of amides is 1.